The van der Waals surface area contributed by atoms with Gasteiger partial charge < -0.3 is 42.9 Å². The highest BCUT2D eigenvalue weighted by Crippen LogP contribution is 2.43. The van der Waals surface area contributed by atoms with Crippen molar-refractivity contribution < 1.29 is 47.5 Å². The highest BCUT2D eigenvalue weighted by molar-refractivity contribution is 5.87. The Morgan fingerprint density at radius 1 is 0.676 bits per heavy atom. The van der Waals surface area contributed by atoms with Crippen LogP contribution in [-0.4, -0.2) is 21.0 Å². The van der Waals surface area contributed by atoms with Crippen molar-refractivity contribution in [2.45, 2.75) is 0 Å². The highest BCUT2D eigenvalue weighted by Gasteiger charge is 2.21. The van der Waals surface area contributed by atoms with Gasteiger partial charge in [0, 0.05) is 11.1 Å². The number of halogens is 1. The minimum absolute atomic E-state index is 0. The van der Waals surface area contributed by atoms with E-state index in [0.717, 1.165) is 44.7 Å². The second-order valence-corrected chi connectivity index (χ2v) is 8.81. The summed E-state index contributed by atoms with van der Waals surface area (Å²) in [6.45, 7) is 0.254. The van der Waals surface area contributed by atoms with Gasteiger partial charge in [0.05, 0.1) is 25.7 Å². The molecule has 1 aromatic heterocycles. The Morgan fingerprint density at radius 2 is 1.35 bits per heavy atom. The van der Waals surface area contributed by atoms with Crippen molar-refractivity contribution in [2.75, 3.05) is 21.0 Å². The van der Waals surface area contributed by atoms with Gasteiger partial charge in [-0.15, -0.1) is 0 Å². The molecular weight excluding hydrogens is 577 g/mol. The van der Waals surface area contributed by atoms with Crippen molar-refractivity contribution in [3.8, 4) is 56.4 Å². The van der Waals surface area contributed by atoms with Gasteiger partial charge in [-0.3, -0.25) is 0 Å². The monoisotopic (exact) mass is 603 g/mol. The van der Waals surface area contributed by atoms with Gasteiger partial charge in [-0.1, -0.05) is 54.6 Å². The van der Waals surface area contributed by atoms with Crippen molar-refractivity contribution in [1.82, 2.24) is 0 Å². The van der Waals surface area contributed by atoms with E-state index in [1.165, 1.54) is 11.1 Å². The van der Waals surface area contributed by atoms with Crippen molar-refractivity contribution in [1.29, 1.82) is 0 Å². The predicted octanol–water partition coefficient (Wildman–Crippen LogP) is 3.42. The van der Waals surface area contributed by atoms with Gasteiger partial charge in [-0.25, -0.2) is 4.57 Å². The van der Waals surface area contributed by atoms with E-state index in [1.807, 2.05) is 31.3 Å². The lowest BCUT2D eigenvalue weighted by atomic mass is 9.95. The van der Waals surface area contributed by atoms with Crippen LogP contribution < -0.4 is 47.5 Å². The molecule has 0 spiro atoms. The van der Waals surface area contributed by atoms with Crippen molar-refractivity contribution in [3.63, 3.8) is 0 Å². The summed E-state index contributed by atoms with van der Waals surface area (Å²) >= 11 is 0. The normalized spacial score (nSPS) is 11.8. The summed E-state index contributed by atoms with van der Waals surface area (Å²) in [6.07, 6.45) is 2.12. The predicted molar refractivity (Wildman–Crippen MR) is 141 cm³/mol. The first-order chi connectivity index (χ1) is 17.6. The molecule has 0 amide bonds. The lowest BCUT2D eigenvalue weighted by Gasteiger charge is -2.16. The third-order valence-electron chi connectivity index (χ3n) is 6.66. The molecule has 6 rings (SSSR count). The Balaban J connectivity index is 0.00000280. The van der Waals surface area contributed by atoms with Crippen LogP contribution in [-0.2, 0) is 7.05 Å². The van der Waals surface area contributed by atoms with E-state index in [1.54, 1.807) is 14.2 Å². The van der Waals surface area contributed by atoms with Crippen LogP contribution in [0.3, 0.4) is 0 Å². The first kappa shape index (κ1) is 24.9. The van der Waals surface area contributed by atoms with Gasteiger partial charge in [0.2, 0.25) is 12.3 Å². The maximum absolute atomic E-state index is 5.81. The number of ether oxygens (including phenoxy) is 4. The molecule has 0 aliphatic carbocycles. The molecule has 5 nitrogen and oxygen atoms in total. The Morgan fingerprint density at radius 3 is 2.05 bits per heavy atom. The van der Waals surface area contributed by atoms with E-state index < -0.39 is 0 Å². The number of pyridine rings is 1. The van der Waals surface area contributed by atoms with E-state index in [2.05, 4.69) is 71.4 Å². The molecule has 0 bridgehead atoms. The van der Waals surface area contributed by atoms with Gasteiger partial charge in [0.15, 0.2) is 29.2 Å². The van der Waals surface area contributed by atoms with Crippen LogP contribution in [0.1, 0.15) is 0 Å². The minimum Gasteiger partial charge on any atom is -1.00 e. The number of nitrogens with zero attached hydrogens (tertiary/aromatic N) is 1. The SMILES string of the molecule is COc1cc(-c2cc3cc4c(cc3[n+](C)c2)OCO4)cc(-c2ccc(-c3ccccc3)cc2)c1OC.[I-]. The summed E-state index contributed by atoms with van der Waals surface area (Å²) in [4.78, 5) is 0. The largest absolute Gasteiger partial charge is 1.00 e. The van der Waals surface area contributed by atoms with E-state index in [9.17, 15) is 0 Å². The van der Waals surface area contributed by atoms with Gasteiger partial charge in [0.1, 0.15) is 7.05 Å². The fraction of sp³-hybridized carbons (Fsp3) is 0.129. The summed E-state index contributed by atoms with van der Waals surface area (Å²) in [7, 11) is 5.39. The summed E-state index contributed by atoms with van der Waals surface area (Å²) in [6, 6.07) is 29.3. The fourth-order valence-electron chi connectivity index (χ4n) is 4.83. The second kappa shape index (κ2) is 10.3. The molecule has 0 radical (unpaired) electrons. The topological polar surface area (TPSA) is 40.8 Å². The molecule has 0 saturated heterocycles. The number of methoxy groups -OCH3 is 2. The third-order valence-corrected chi connectivity index (χ3v) is 6.66. The van der Waals surface area contributed by atoms with Crippen LogP contribution in [0.15, 0.2) is 91.1 Å². The van der Waals surface area contributed by atoms with Crippen molar-refractivity contribution in [3.05, 3.63) is 91.1 Å². The van der Waals surface area contributed by atoms with E-state index in [0.29, 0.717) is 11.5 Å². The van der Waals surface area contributed by atoms with E-state index >= 15 is 0 Å². The fourth-order valence-corrected chi connectivity index (χ4v) is 4.83. The van der Waals surface area contributed by atoms with Crippen LogP contribution >= 0.6 is 0 Å². The number of hydrogen-bond acceptors (Lipinski definition) is 4. The maximum atomic E-state index is 5.81. The van der Waals surface area contributed by atoms with Crippen LogP contribution in [0.5, 0.6) is 23.0 Å². The number of aromatic nitrogens is 1. The summed E-state index contributed by atoms with van der Waals surface area (Å²) in [5.41, 5.74) is 7.55. The van der Waals surface area contributed by atoms with Crippen LogP contribution in [0.2, 0.25) is 0 Å². The van der Waals surface area contributed by atoms with Crippen LogP contribution in [0.25, 0.3) is 44.3 Å². The second-order valence-electron chi connectivity index (χ2n) is 8.81. The number of aryl methyl sites for hydroxylation is 1. The summed E-state index contributed by atoms with van der Waals surface area (Å²) in [5.74, 6) is 2.94. The zero-order valence-corrected chi connectivity index (χ0v) is 23.0. The minimum atomic E-state index is 0. The van der Waals surface area contributed by atoms with Gasteiger partial charge in [-0.05, 0) is 46.5 Å². The molecule has 1 aliphatic rings. The van der Waals surface area contributed by atoms with E-state index in [-0.39, 0.29) is 30.8 Å². The molecule has 0 fully saturated rings. The Bertz CT molecular complexity index is 1580. The first-order valence-electron chi connectivity index (χ1n) is 11.8. The van der Waals surface area contributed by atoms with Crippen LogP contribution in [0, 0.1) is 0 Å². The molecule has 2 heterocycles. The standard InChI is InChI=1S/C31H26NO4.HI/c1-32-18-25(13-24-16-28-29(17-27(24)32)36-19-35-28)23-14-26(31(34-3)30(15-23)33-2)22-11-9-21(10-12-22)20-7-5-4-6-8-20;/h4-18H,19H2,1-3H3;1H/q+1;/p-1. The average Bonchev–Trinajstić information content (AvgIpc) is 3.39. The Hall–Kier alpha value is -3.78. The zero-order valence-electron chi connectivity index (χ0n) is 20.8. The Labute approximate surface area is 233 Å². The molecule has 0 atom stereocenters. The lowest BCUT2D eigenvalue weighted by molar-refractivity contribution is -0.644. The molecular formula is C31H26INO4. The zero-order chi connectivity index (χ0) is 24.6. The van der Waals surface area contributed by atoms with Crippen molar-refractivity contribution >= 4 is 10.9 Å². The highest BCUT2D eigenvalue weighted by atomic mass is 127. The molecule has 6 heteroatoms. The van der Waals surface area contributed by atoms with E-state index in [4.69, 9.17) is 18.9 Å². The molecule has 0 saturated carbocycles. The van der Waals surface area contributed by atoms with Gasteiger partial charge in [-0.2, -0.15) is 0 Å². The van der Waals surface area contributed by atoms with Gasteiger partial charge >= 0.3 is 0 Å². The third kappa shape index (κ3) is 4.57. The molecule has 186 valence electrons. The number of rotatable bonds is 5. The lowest BCUT2D eigenvalue weighted by Crippen LogP contribution is -3.00. The van der Waals surface area contributed by atoms with Crippen LogP contribution in [0.4, 0.5) is 0 Å². The first-order valence-corrected chi connectivity index (χ1v) is 11.8. The van der Waals surface area contributed by atoms with Crippen molar-refractivity contribution in [2.24, 2.45) is 7.05 Å². The number of fused-ring (bicyclic) bond motifs is 2. The molecule has 0 N–H and O–H groups in total. The summed E-state index contributed by atoms with van der Waals surface area (Å²) in [5, 5.41) is 1.07. The average molecular weight is 603 g/mol. The molecule has 37 heavy (non-hydrogen) atoms. The maximum Gasteiger partial charge on any atom is 0.231 e. The molecule has 5 aromatic rings. The molecule has 4 aromatic carbocycles. The van der Waals surface area contributed by atoms with Gasteiger partial charge in [0.25, 0.3) is 0 Å². The Kier molecular flexibility index (Phi) is 6.93. The number of hydrogen-bond donors (Lipinski definition) is 0. The molecule has 1 aliphatic heterocycles. The molecule has 0 unspecified atom stereocenters. The summed E-state index contributed by atoms with van der Waals surface area (Å²) < 4.78 is 24.9. The smallest absolute Gasteiger partial charge is 0.231 e. The number of benzene rings is 4. The quantitative estimate of drug-likeness (QED) is 0.228.